The van der Waals surface area contributed by atoms with E-state index >= 15 is 0 Å². The van der Waals surface area contributed by atoms with Crippen LogP contribution in [-0.2, 0) is 7.05 Å². The van der Waals surface area contributed by atoms with Gasteiger partial charge in [-0.1, -0.05) is 109 Å². The summed E-state index contributed by atoms with van der Waals surface area (Å²) in [5.74, 6) is 1.95. The molecule has 9 rings (SSSR count). The number of pyridine rings is 2. The highest BCUT2D eigenvalue weighted by atomic mass is 16.3. The number of fused-ring (bicyclic) bond motifs is 3. The van der Waals surface area contributed by atoms with Gasteiger partial charge in [0.05, 0.1) is 5.56 Å². The molecular formula is C49H40N5O+. The second-order valence-corrected chi connectivity index (χ2v) is 14.5. The molecule has 4 heterocycles. The summed E-state index contributed by atoms with van der Waals surface area (Å²) in [5.41, 5.74) is 17.1. The van der Waals surface area contributed by atoms with Crippen LogP contribution in [0.1, 0.15) is 27.9 Å². The SMILES string of the molecule is Cc1ccc2c(n1)oc1c(-c3cc(-c4c(C)cc(-c5ccc(-c6nc(-c7ccccc7)nc(-c7ccccc7)n6)cc5)cc4C)c(C)c[n+]3C)c(C)ccc12. The lowest BCUT2D eigenvalue weighted by Crippen LogP contribution is -2.31. The Hall–Kier alpha value is -6.79. The van der Waals surface area contributed by atoms with Crippen molar-refractivity contribution in [2.75, 3.05) is 0 Å². The van der Waals surface area contributed by atoms with E-state index in [1.807, 2.05) is 73.7 Å². The molecule has 6 nitrogen and oxygen atoms in total. The van der Waals surface area contributed by atoms with Gasteiger partial charge in [0.1, 0.15) is 7.05 Å². The zero-order valence-corrected chi connectivity index (χ0v) is 31.8. The van der Waals surface area contributed by atoms with E-state index in [0.717, 1.165) is 61.1 Å². The van der Waals surface area contributed by atoms with Crippen LogP contribution < -0.4 is 4.57 Å². The van der Waals surface area contributed by atoms with Crippen LogP contribution >= 0.6 is 0 Å². The highest BCUT2D eigenvalue weighted by molar-refractivity contribution is 6.09. The van der Waals surface area contributed by atoms with Gasteiger partial charge in [0.25, 0.3) is 0 Å². The Labute approximate surface area is 320 Å². The van der Waals surface area contributed by atoms with Gasteiger partial charge in [-0.15, -0.1) is 0 Å². The van der Waals surface area contributed by atoms with E-state index < -0.39 is 0 Å². The van der Waals surface area contributed by atoms with E-state index in [2.05, 4.69) is 106 Å². The number of nitrogens with zero attached hydrogens (tertiary/aromatic N) is 5. The number of aromatic nitrogens is 5. The molecule has 0 spiro atoms. The van der Waals surface area contributed by atoms with Crippen LogP contribution in [-0.4, -0.2) is 19.9 Å². The van der Waals surface area contributed by atoms with Gasteiger partial charge in [0.15, 0.2) is 29.3 Å². The molecule has 0 atom stereocenters. The van der Waals surface area contributed by atoms with Gasteiger partial charge >= 0.3 is 0 Å². The van der Waals surface area contributed by atoms with Gasteiger partial charge in [-0.25, -0.2) is 24.5 Å². The van der Waals surface area contributed by atoms with E-state index in [1.54, 1.807) is 0 Å². The summed E-state index contributed by atoms with van der Waals surface area (Å²) in [6.07, 6.45) is 2.23. The molecule has 0 bridgehead atoms. The molecule has 0 saturated heterocycles. The quantitative estimate of drug-likeness (QED) is 0.160. The molecule has 4 aromatic heterocycles. The average Bonchev–Trinajstić information content (AvgIpc) is 3.56. The predicted molar refractivity (Wildman–Crippen MR) is 222 cm³/mol. The number of hydrogen-bond donors (Lipinski definition) is 0. The highest BCUT2D eigenvalue weighted by Gasteiger charge is 2.24. The molecule has 0 aliphatic heterocycles. The third-order valence-corrected chi connectivity index (χ3v) is 10.6. The molecule has 0 fully saturated rings. The maximum Gasteiger partial charge on any atom is 0.227 e. The molecule has 0 aliphatic carbocycles. The Balaban J connectivity index is 1.09. The van der Waals surface area contributed by atoms with Crippen molar-refractivity contribution in [2.45, 2.75) is 34.6 Å². The van der Waals surface area contributed by atoms with Crippen LogP contribution in [0.4, 0.5) is 0 Å². The minimum atomic E-state index is 0.644. The lowest BCUT2D eigenvalue weighted by molar-refractivity contribution is -0.660. The third kappa shape index (κ3) is 6.15. The normalized spacial score (nSPS) is 11.5. The van der Waals surface area contributed by atoms with E-state index in [1.165, 1.54) is 33.4 Å². The smallest absolute Gasteiger partial charge is 0.227 e. The Morgan fingerprint density at radius 3 is 1.60 bits per heavy atom. The van der Waals surface area contributed by atoms with Gasteiger partial charge < -0.3 is 4.42 Å². The Kier molecular flexibility index (Phi) is 8.39. The fourth-order valence-electron chi connectivity index (χ4n) is 7.83. The van der Waals surface area contributed by atoms with Crippen molar-refractivity contribution in [3.05, 3.63) is 162 Å². The molecule has 9 aromatic rings. The number of hydrogen-bond acceptors (Lipinski definition) is 5. The van der Waals surface area contributed by atoms with Crippen molar-refractivity contribution in [3.8, 4) is 67.7 Å². The van der Waals surface area contributed by atoms with E-state index in [9.17, 15) is 0 Å². The van der Waals surface area contributed by atoms with Crippen LogP contribution in [0.5, 0.6) is 0 Å². The molecule has 0 radical (unpaired) electrons. The second-order valence-electron chi connectivity index (χ2n) is 14.5. The van der Waals surface area contributed by atoms with Gasteiger partial charge in [-0.2, -0.15) is 0 Å². The Morgan fingerprint density at radius 1 is 0.455 bits per heavy atom. The highest BCUT2D eigenvalue weighted by Crippen LogP contribution is 2.40. The molecule has 266 valence electrons. The van der Waals surface area contributed by atoms with Crippen molar-refractivity contribution in [2.24, 2.45) is 7.05 Å². The van der Waals surface area contributed by atoms with Crippen molar-refractivity contribution in [1.29, 1.82) is 0 Å². The number of furan rings is 1. The standard InChI is InChI=1S/C49H40N5O/c1-29-17-23-39-40-24-18-33(5)50-49(40)55-45(39)44(29)42-27-41(32(4)28-54(42)6)43-30(2)25-38(26-31(43)3)34-19-21-37(22-20-34)48-52-46(35-13-9-7-10-14-35)51-47(53-48)36-15-11-8-12-16-36/h7-28H,1-6H3/q+1. The van der Waals surface area contributed by atoms with Crippen LogP contribution in [0.15, 0.2) is 138 Å². The topological polar surface area (TPSA) is 68.6 Å². The lowest BCUT2D eigenvalue weighted by atomic mass is 9.88. The van der Waals surface area contributed by atoms with Crippen LogP contribution in [0.3, 0.4) is 0 Å². The zero-order valence-electron chi connectivity index (χ0n) is 31.8. The van der Waals surface area contributed by atoms with Gasteiger partial charge in [0.2, 0.25) is 11.4 Å². The summed E-state index contributed by atoms with van der Waals surface area (Å²) in [5, 5.41) is 2.12. The fraction of sp³-hybridized carbons (Fsp3) is 0.122. The minimum Gasteiger partial charge on any atom is -0.437 e. The number of benzene rings is 5. The molecule has 6 heteroatoms. The summed E-state index contributed by atoms with van der Waals surface area (Å²) < 4.78 is 8.71. The monoisotopic (exact) mass is 714 g/mol. The number of rotatable bonds is 6. The Morgan fingerprint density at radius 2 is 1.00 bits per heavy atom. The molecule has 0 saturated carbocycles. The minimum absolute atomic E-state index is 0.644. The fourth-order valence-corrected chi connectivity index (χ4v) is 7.83. The van der Waals surface area contributed by atoms with Crippen LogP contribution in [0.2, 0.25) is 0 Å². The summed E-state index contributed by atoms with van der Waals surface area (Å²) in [6.45, 7) is 10.8. The van der Waals surface area contributed by atoms with E-state index in [0.29, 0.717) is 23.2 Å². The first-order chi connectivity index (χ1) is 26.7. The maximum absolute atomic E-state index is 6.50. The largest absolute Gasteiger partial charge is 0.437 e. The first kappa shape index (κ1) is 34.0. The van der Waals surface area contributed by atoms with Crippen LogP contribution in [0, 0.1) is 34.6 Å². The third-order valence-electron chi connectivity index (χ3n) is 10.6. The summed E-state index contributed by atoms with van der Waals surface area (Å²) in [4.78, 5) is 19.4. The molecule has 0 unspecified atom stereocenters. The molecule has 5 aromatic carbocycles. The maximum atomic E-state index is 6.50. The van der Waals surface area contributed by atoms with E-state index in [-0.39, 0.29) is 0 Å². The first-order valence-electron chi connectivity index (χ1n) is 18.6. The summed E-state index contributed by atoms with van der Waals surface area (Å²) in [6, 6.07) is 44.1. The number of aryl methyl sites for hydroxylation is 6. The van der Waals surface area contributed by atoms with Gasteiger partial charge in [-0.05, 0) is 85.7 Å². The summed E-state index contributed by atoms with van der Waals surface area (Å²) in [7, 11) is 2.11. The van der Waals surface area contributed by atoms with Crippen molar-refractivity contribution in [3.63, 3.8) is 0 Å². The summed E-state index contributed by atoms with van der Waals surface area (Å²) >= 11 is 0. The lowest BCUT2D eigenvalue weighted by Gasteiger charge is -2.16. The molecule has 0 aliphatic rings. The van der Waals surface area contributed by atoms with Gasteiger partial charge in [0, 0.05) is 44.8 Å². The molecule has 55 heavy (non-hydrogen) atoms. The molecule has 0 N–H and O–H groups in total. The zero-order chi connectivity index (χ0) is 37.8. The van der Waals surface area contributed by atoms with Gasteiger partial charge in [-0.3, -0.25) is 0 Å². The molecular weight excluding hydrogens is 675 g/mol. The Bertz CT molecular complexity index is 2830. The molecule has 0 amide bonds. The van der Waals surface area contributed by atoms with Crippen molar-refractivity contribution in [1.82, 2.24) is 19.9 Å². The van der Waals surface area contributed by atoms with E-state index in [4.69, 9.17) is 24.4 Å². The first-order valence-corrected chi connectivity index (χ1v) is 18.6. The van der Waals surface area contributed by atoms with Crippen molar-refractivity contribution < 1.29 is 8.98 Å². The predicted octanol–water partition coefficient (Wildman–Crippen LogP) is 11.5. The van der Waals surface area contributed by atoms with Crippen molar-refractivity contribution >= 4 is 22.1 Å². The second kappa shape index (κ2) is 13.6. The average molecular weight is 715 g/mol. The van der Waals surface area contributed by atoms with Crippen LogP contribution in [0.25, 0.3) is 89.7 Å².